The Hall–Kier alpha value is -1.36. The largest absolute Gasteiger partial charge is 0.377 e. The third kappa shape index (κ3) is 2.90. The van der Waals surface area contributed by atoms with Crippen LogP contribution in [0.4, 0.5) is 5.69 Å². The second kappa shape index (κ2) is 6.00. The number of hydrogen-bond donors (Lipinski definition) is 1. The number of nitrogens with zero attached hydrogens (tertiary/aromatic N) is 2. The lowest BCUT2D eigenvalue weighted by molar-refractivity contribution is -0.129. The monoisotopic (exact) mass is 251 g/mol. The van der Waals surface area contributed by atoms with Gasteiger partial charge in [-0.3, -0.25) is 9.48 Å². The third-order valence-corrected chi connectivity index (χ3v) is 3.40. The Morgan fingerprint density at radius 3 is 3.11 bits per heavy atom. The van der Waals surface area contributed by atoms with Gasteiger partial charge in [-0.25, -0.2) is 0 Å². The van der Waals surface area contributed by atoms with E-state index in [1.807, 2.05) is 13.1 Å². The van der Waals surface area contributed by atoms with Crippen LogP contribution in [0, 0.1) is 5.92 Å². The predicted octanol–water partition coefficient (Wildman–Crippen LogP) is 2.05. The highest BCUT2D eigenvalue weighted by Gasteiger charge is 2.30. The summed E-state index contributed by atoms with van der Waals surface area (Å²) in [5.74, 6) is 0.0194. The molecule has 0 spiro atoms. The van der Waals surface area contributed by atoms with Gasteiger partial charge in [0.25, 0.3) is 0 Å². The Morgan fingerprint density at radius 1 is 1.61 bits per heavy atom. The van der Waals surface area contributed by atoms with Crippen LogP contribution in [0.25, 0.3) is 0 Å². The number of hydrogen-bond acceptors (Lipinski definition) is 3. The van der Waals surface area contributed by atoms with Crippen molar-refractivity contribution in [3.8, 4) is 0 Å². The van der Waals surface area contributed by atoms with E-state index in [9.17, 15) is 4.79 Å². The van der Waals surface area contributed by atoms with Gasteiger partial charge in [0.15, 0.2) is 0 Å². The second-order valence-corrected chi connectivity index (χ2v) is 4.64. The molecule has 0 saturated carbocycles. The molecule has 0 radical (unpaired) electrons. The zero-order chi connectivity index (χ0) is 13.0. The lowest BCUT2D eigenvalue weighted by atomic mass is 9.92. The van der Waals surface area contributed by atoms with Crippen LogP contribution >= 0.6 is 0 Å². The van der Waals surface area contributed by atoms with Gasteiger partial charge in [0.05, 0.1) is 23.9 Å². The van der Waals surface area contributed by atoms with Gasteiger partial charge in [-0.2, -0.15) is 5.10 Å². The van der Waals surface area contributed by atoms with Crippen molar-refractivity contribution < 1.29 is 9.53 Å². The Balaban J connectivity index is 1.97. The summed E-state index contributed by atoms with van der Waals surface area (Å²) in [5.41, 5.74) is 0.766. The number of anilines is 1. The minimum absolute atomic E-state index is 0.0336. The van der Waals surface area contributed by atoms with Crippen LogP contribution in [0.3, 0.4) is 0 Å². The zero-order valence-corrected chi connectivity index (χ0v) is 11.1. The van der Waals surface area contributed by atoms with E-state index in [1.54, 1.807) is 10.9 Å². The van der Waals surface area contributed by atoms with E-state index >= 15 is 0 Å². The van der Waals surface area contributed by atoms with Crippen molar-refractivity contribution >= 4 is 11.6 Å². The Labute approximate surface area is 108 Å². The summed E-state index contributed by atoms with van der Waals surface area (Å²) in [4.78, 5) is 12.2. The van der Waals surface area contributed by atoms with Gasteiger partial charge in [0.1, 0.15) is 0 Å². The molecule has 1 aromatic heterocycles. The normalized spacial score (nSPS) is 23.9. The van der Waals surface area contributed by atoms with Crippen molar-refractivity contribution in [2.75, 3.05) is 11.9 Å². The molecule has 1 aliphatic heterocycles. The topological polar surface area (TPSA) is 56.1 Å². The number of aromatic nitrogens is 2. The Morgan fingerprint density at radius 2 is 2.44 bits per heavy atom. The first-order valence-electron chi connectivity index (χ1n) is 6.69. The average Bonchev–Trinajstić information content (AvgIpc) is 2.86. The number of aryl methyl sites for hydroxylation is 1. The van der Waals surface area contributed by atoms with Crippen LogP contribution < -0.4 is 5.32 Å². The summed E-state index contributed by atoms with van der Waals surface area (Å²) >= 11 is 0. The first kappa shape index (κ1) is 13.1. The van der Waals surface area contributed by atoms with E-state index in [2.05, 4.69) is 17.3 Å². The van der Waals surface area contributed by atoms with Gasteiger partial charge in [-0.1, -0.05) is 6.92 Å². The number of nitrogens with one attached hydrogen (secondary N) is 1. The molecule has 2 rings (SSSR count). The lowest BCUT2D eigenvalue weighted by Crippen LogP contribution is -2.37. The van der Waals surface area contributed by atoms with Crippen molar-refractivity contribution in [1.82, 2.24) is 9.78 Å². The van der Waals surface area contributed by atoms with Crippen LogP contribution in [0.2, 0.25) is 0 Å². The molecule has 0 aromatic carbocycles. The van der Waals surface area contributed by atoms with Gasteiger partial charge < -0.3 is 10.1 Å². The molecule has 2 heterocycles. The molecule has 1 fully saturated rings. The minimum atomic E-state index is -0.0336. The summed E-state index contributed by atoms with van der Waals surface area (Å²) in [6.07, 6.45) is 6.34. The molecular formula is C13H21N3O2. The highest BCUT2D eigenvalue weighted by molar-refractivity contribution is 5.92. The fourth-order valence-electron chi connectivity index (χ4n) is 2.38. The summed E-state index contributed by atoms with van der Waals surface area (Å²) in [5, 5.41) is 7.07. The summed E-state index contributed by atoms with van der Waals surface area (Å²) in [6.45, 7) is 5.65. The maximum atomic E-state index is 12.2. The fourth-order valence-corrected chi connectivity index (χ4v) is 2.38. The highest BCUT2D eigenvalue weighted by Crippen LogP contribution is 2.24. The van der Waals surface area contributed by atoms with Crippen molar-refractivity contribution in [3.63, 3.8) is 0 Å². The molecule has 2 atom stereocenters. The van der Waals surface area contributed by atoms with Gasteiger partial charge in [0, 0.05) is 19.3 Å². The quantitative estimate of drug-likeness (QED) is 0.891. The molecule has 1 aromatic rings. The van der Waals surface area contributed by atoms with Gasteiger partial charge >= 0.3 is 0 Å². The van der Waals surface area contributed by atoms with Gasteiger partial charge in [-0.15, -0.1) is 0 Å². The molecule has 1 N–H and O–H groups in total. The molecular weight excluding hydrogens is 230 g/mol. The number of carbonyl (C=O) groups excluding carboxylic acids is 1. The molecule has 1 aliphatic rings. The molecule has 0 aliphatic carbocycles. The SMILES string of the molecule is CC[C@@H]1OCCC[C@H]1C(=O)Nc1cnn(CC)c1. The first-order chi connectivity index (χ1) is 8.74. The van der Waals surface area contributed by atoms with Crippen molar-refractivity contribution in [2.24, 2.45) is 5.92 Å². The number of carbonyl (C=O) groups is 1. The smallest absolute Gasteiger partial charge is 0.230 e. The molecule has 0 bridgehead atoms. The minimum Gasteiger partial charge on any atom is -0.377 e. The molecule has 5 heteroatoms. The molecule has 0 unspecified atom stereocenters. The Bertz CT molecular complexity index is 403. The van der Waals surface area contributed by atoms with E-state index in [4.69, 9.17) is 4.74 Å². The highest BCUT2D eigenvalue weighted by atomic mass is 16.5. The van der Waals surface area contributed by atoms with Crippen LogP contribution in [0.15, 0.2) is 12.4 Å². The average molecular weight is 251 g/mol. The van der Waals surface area contributed by atoms with Crippen molar-refractivity contribution in [1.29, 1.82) is 0 Å². The molecule has 5 nitrogen and oxygen atoms in total. The predicted molar refractivity (Wildman–Crippen MR) is 69.3 cm³/mol. The second-order valence-electron chi connectivity index (χ2n) is 4.64. The van der Waals surface area contributed by atoms with E-state index in [0.29, 0.717) is 0 Å². The van der Waals surface area contributed by atoms with Crippen LogP contribution in [-0.4, -0.2) is 28.4 Å². The van der Waals surface area contributed by atoms with E-state index in [0.717, 1.165) is 38.1 Å². The lowest BCUT2D eigenvalue weighted by Gasteiger charge is -2.29. The van der Waals surface area contributed by atoms with E-state index < -0.39 is 0 Å². The van der Waals surface area contributed by atoms with Crippen LogP contribution in [-0.2, 0) is 16.1 Å². The molecule has 100 valence electrons. The molecule has 1 amide bonds. The van der Waals surface area contributed by atoms with Crippen molar-refractivity contribution in [3.05, 3.63) is 12.4 Å². The Kier molecular flexibility index (Phi) is 4.36. The number of rotatable bonds is 4. The standard InChI is InChI=1S/C13H21N3O2/c1-3-12-11(6-5-7-18-12)13(17)15-10-8-14-16(4-2)9-10/h8-9,11-12H,3-7H2,1-2H3,(H,15,17)/t11-,12+/m1/s1. The van der Waals surface area contributed by atoms with Crippen LogP contribution in [0.5, 0.6) is 0 Å². The maximum absolute atomic E-state index is 12.2. The number of ether oxygens (including phenoxy) is 1. The fraction of sp³-hybridized carbons (Fsp3) is 0.692. The first-order valence-corrected chi connectivity index (χ1v) is 6.69. The molecule has 1 saturated heterocycles. The summed E-state index contributed by atoms with van der Waals surface area (Å²) in [7, 11) is 0. The van der Waals surface area contributed by atoms with Crippen molar-refractivity contribution in [2.45, 2.75) is 45.8 Å². The summed E-state index contributed by atoms with van der Waals surface area (Å²) in [6, 6.07) is 0. The van der Waals surface area contributed by atoms with E-state index in [-0.39, 0.29) is 17.9 Å². The van der Waals surface area contributed by atoms with Crippen LogP contribution in [0.1, 0.15) is 33.1 Å². The van der Waals surface area contributed by atoms with E-state index in [1.165, 1.54) is 0 Å². The van der Waals surface area contributed by atoms with Gasteiger partial charge in [0.2, 0.25) is 5.91 Å². The molecule has 18 heavy (non-hydrogen) atoms. The number of amides is 1. The zero-order valence-electron chi connectivity index (χ0n) is 11.1. The van der Waals surface area contributed by atoms with Gasteiger partial charge in [-0.05, 0) is 26.2 Å². The third-order valence-electron chi connectivity index (χ3n) is 3.40. The maximum Gasteiger partial charge on any atom is 0.230 e. The summed E-state index contributed by atoms with van der Waals surface area (Å²) < 4.78 is 7.44.